The number of hydrogen-bond donors (Lipinski definition) is 1. The summed E-state index contributed by atoms with van der Waals surface area (Å²) in [5.41, 5.74) is 3.85. The number of benzene rings is 2. The predicted molar refractivity (Wildman–Crippen MR) is 116 cm³/mol. The van der Waals surface area contributed by atoms with E-state index in [2.05, 4.69) is 33.1 Å². The van der Waals surface area contributed by atoms with Gasteiger partial charge in [-0.2, -0.15) is 10.4 Å². The number of Topliss-reactive ketones (excluding diaryl/α,β-unsaturated/α-hetero) is 1. The molecule has 0 aliphatic heterocycles. The second kappa shape index (κ2) is 8.22. The van der Waals surface area contributed by atoms with Crippen LogP contribution in [0.2, 0.25) is 0 Å². The number of rotatable bonds is 5. The summed E-state index contributed by atoms with van der Waals surface area (Å²) in [7, 11) is 1.75. The molecule has 0 amide bonds. The average molecular weight is 485 g/mol. The molecule has 7 nitrogen and oxygen atoms in total. The van der Waals surface area contributed by atoms with Crippen molar-refractivity contribution in [1.29, 1.82) is 5.26 Å². The van der Waals surface area contributed by atoms with Crippen LogP contribution in [-0.4, -0.2) is 20.9 Å². The first kappa shape index (κ1) is 19.6. The van der Waals surface area contributed by atoms with Crippen LogP contribution in [0.3, 0.4) is 0 Å². The van der Waals surface area contributed by atoms with Crippen LogP contribution in [0.25, 0.3) is 5.69 Å². The van der Waals surface area contributed by atoms with Crippen LogP contribution in [0.4, 0.5) is 5.69 Å². The molecule has 1 heterocycles. The number of aromatic nitrogens is 2. The molecular formula is C20H16IN5O2. The zero-order chi connectivity index (χ0) is 20.3. The fraction of sp³-hybridized carbons (Fsp3) is 0.100. The van der Waals surface area contributed by atoms with E-state index in [9.17, 15) is 14.9 Å². The van der Waals surface area contributed by atoms with Gasteiger partial charge in [-0.05, 0) is 65.9 Å². The molecule has 0 aliphatic carbocycles. The molecule has 140 valence electrons. The summed E-state index contributed by atoms with van der Waals surface area (Å²) >= 11 is 2.13. The molecule has 0 radical (unpaired) electrons. The zero-order valence-electron chi connectivity index (χ0n) is 15.2. The number of nitrogens with zero attached hydrogens (tertiary/aromatic N) is 4. The monoisotopic (exact) mass is 485 g/mol. The topological polar surface area (TPSA) is 92.2 Å². The Labute approximate surface area is 175 Å². The van der Waals surface area contributed by atoms with Gasteiger partial charge >= 0.3 is 0 Å². The summed E-state index contributed by atoms with van der Waals surface area (Å²) in [6.45, 7) is 1.76. The summed E-state index contributed by atoms with van der Waals surface area (Å²) in [5, 5.41) is 13.2. The number of halogens is 1. The number of hydrazone groups is 1. The van der Waals surface area contributed by atoms with Crippen molar-refractivity contribution in [3.8, 4) is 11.8 Å². The lowest BCUT2D eigenvalue weighted by Gasteiger charge is -2.07. The Bertz CT molecular complexity index is 1150. The van der Waals surface area contributed by atoms with Gasteiger partial charge < -0.3 is 0 Å². The first-order valence-electron chi connectivity index (χ1n) is 8.32. The van der Waals surface area contributed by atoms with Gasteiger partial charge in [0.2, 0.25) is 11.5 Å². The van der Waals surface area contributed by atoms with Crippen LogP contribution < -0.4 is 11.0 Å². The third-order valence-corrected chi connectivity index (χ3v) is 4.98. The number of hydrogen-bond acceptors (Lipinski definition) is 5. The standard InChI is InChI=1S/C20H16IN5O2/c1-13-18(20(28)26(25(13)2)16-6-4-3-5-7-16)24-23-17(12-22)19(27)14-8-10-15(21)11-9-14/h3-11,24H,1-2H3/b23-17+. The molecule has 1 aromatic heterocycles. The van der Waals surface area contributed by atoms with Crippen molar-refractivity contribution in [2.75, 3.05) is 5.43 Å². The molecule has 0 saturated heterocycles. The van der Waals surface area contributed by atoms with Crippen LogP contribution in [0, 0.1) is 21.8 Å². The molecule has 0 saturated carbocycles. The van der Waals surface area contributed by atoms with E-state index in [1.54, 1.807) is 49.0 Å². The lowest BCUT2D eigenvalue weighted by atomic mass is 10.1. The number of ketones is 1. The normalized spacial score (nSPS) is 11.1. The highest BCUT2D eigenvalue weighted by Crippen LogP contribution is 2.14. The SMILES string of the molecule is Cc1c(N/N=C(\C#N)C(=O)c2ccc(I)cc2)c(=O)n(-c2ccccc2)n1C. The molecule has 8 heteroatoms. The van der Waals surface area contributed by atoms with E-state index < -0.39 is 5.78 Å². The van der Waals surface area contributed by atoms with Crippen molar-refractivity contribution < 1.29 is 4.79 Å². The first-order chi connectivity index (χ1) is 13.4. The van der Waals surface area contributed by atoms with Gasteiger partial charge in [-0.25, -0.2) is 4.68 Å². The Morgan fingerprint density at radius 2 is 1.79 bits per heavy atom. The number of anilines is 1. The van der Waals surface area contributed by atoms with Crippen molar-refractivity contribution in [3.63, 3.8) is 0 Å². The highest BCUT2D eigenvalue weighted by atomic mass is 127. The Morgan fingerprint density at radius 1 is 1.14 bits per heavy atom. The second-order valence-corrected chi connectivity index (χ2v) is 7.20. The molecule has 28 heavy (non-hydrogen) atoms. The van der Waals surface area contributed by atoms with Crippen LogP contribution in [0.5, 0.6) is 0 Å². The van der Waals surface area contributed by atoms with Crippen LogP contribution in [0.1, 0.15) is 16.1 Å². The molecule has 0 bridgehead atoms. The van der Waals surface area contributed by atoms with E-state index in [0.717, 1.165) is 3.57 Å². The average Bonchev–Trinajstić information content (AvgIpc) is 2.92. The smallest absolute Gasteiger partial charge is 0.286 e. The van der Waals surface area contributed by atoms with Gasteiger partial charge in [-0.15, -0.1) is 0 Å². The summed E-state index contributed by atoms with van der Waals surface area (Å²) in [4.78, 5) is 25.3. The van der Waals surface area contributed by atoms with Crippen molar-refractivity contribution >= 4 is 39.8 Å². The van der Waals surface area contributed by atoms with Gasteiger partial charge in [0.15, 0.2) is 0 Å². The van der Waals surface area contributed by atoms with Gasteiger partial charge in [0.25, 0.3) is 5.56 Å². The van der Waals surface area contributed by atoms with Gasteiger partial charge in [-0.1, -0.05) is 18.2 Å². The summed E-state index contributed by atoms with van der Waals surface area (Å²) < 4.78 is 4.15. The maximum absolute atomic E-state index is 12.8. The van der Waals surface area contributed by atoms with E-state index in [1.807, 2.05) is 30.3 Å². The summed E-state index contributed by atoms with van der Waals surface area (Å²) in [6, 6.07) is 17.8. The van der Waals surface area contributed by atoms with E-state index in [1.165, 1.54) is 4.68 Å². The zero-order valence-corrected chi connectivity index (χ0v) is 17.3. The van der Waals surface area contributed by atoms with E-state index in [4.69, 9.17) is 0 Å². The Balaban J connectivity index is 1.95. The lowest BCUT2D eigenvalue weighted by Crippen LogP contribution is -2.21. The molecule has 0 unspecified atom stereocenters. The van der Waals surface area contributed by atoms with Gasteiger partial charge in [0.1, 0.15) is 11.8 Å². The lowest BCUT2D eigenvalue weighted by molar-refractivity contribution is 0.106. The number of carbonyl (C=O) groups is 1. The predicted octanol–water partition coefficient (Wildman–Crippen LogP) is 3.26. The molecule has 3 rings (SSSR count). The minimum absolute atomic E-state index is 0.203. The third kappa shape index (κ3) is 3.75. The molecule has 2 aromatic carbocycles. The molecular weight excluding hydrogens is 469 g/mol. The molecule has 1 N–H and O–H groups in total. The number of nitriles is 1. The Hall–Kier alpha value is -3.19. The van der Waals surface area contributed by atoms with E-state index in [0.29, 0.717) is 16.9 Å². The molecule has 0 spiro atoms. The molecule has 0 fully saturated rings. The Kier molecular flexibility index (Phi) is 5.75. The van der Waals surface area contributed by atoms with Crippen molar-refractivity contribution in [2.45, 2.75) is 6.92 Å². The van der Waals surface area contributed by atoms with E-state index in [-0.39, 0.29) is 17.0 Å². The minimum atomic E-state index is -0.511. The van der Waals surface area contributed by atoms with Crippen LogP contribution in [-0.2, 0) is 7.05 Å². The number of nitrogens with one attached hydrogen (secondary N) is 1. The van der Waals surface area contributed by atoms with E-state index >= 15 is 0 Å². The van der Waals surface area contributed by atoms with Gasteiger partial charge in [-0.3, -0.25) is 19.7 Å². The second-order valence-electron chi connectivity index (χ2n) is 5.96. The highest BCUT2D eigenvalue weighted by Gasteiger charge is 2.18. The maximum atomic E-state index is 12.8. The third-order valence-electron chi connectivity index (χ3n) is 4.26. The largest absolute Gasteiger partial charge is 0.296 e. The fourth-order valence-corrected chi connectivity index (χ4v) is 3.03. The molecule has 0 atom stereocenters. The van der Waals surface area contributed by atoms with Crippen molar-refractivity contribution in [1.82, 2.24) is 9.36 Å². The van der Waals surface area contributed by atoms with Crippen molar-refractivity contribution in [2.24, 2.45) is 12.1 Å². The highest BCUT2D eigenvalue weighted by molar-refractivity contribution is 14.1. The first-order valence-corrected chi connectivity index (χ1v) is 9.40. The number of carbonyl (C=O) groups excluding carboxylic acids is 1. The quantitative estimate of drug-likeness (QED) is 0.260. The number of para-hydroxylation sites is 1. The van der Waals surface area contributed by atoms with Gasteiger partial charge in [0.05, 0.1) is 11.4 Å². The Morgan fingerprint density at radius 3 is 2.39 bits per heavy atom. The summed E-state index contributed by atoms with van der Waals surface area (Å²) in [6.07, 6.45) is 0. The fourth-order valence-electron chi connectivity index (χ4n) is 2.67. The van der Waals surface area contributed by atoms with Crippen LogP contribution >= 0.6 is 22.6 Å². The summed E-state index contributed by atoms with van der Waals surface area (Å²) in [5.74, 6) is -0.511. The van der Waals surface area contributed by atoms with Gasteiger partial charge in [0, 0.05) is 16.2 Å². The maximum Gasteiger partial charge on any atom is 0.296 e. The van der Waals surface area contributed by atoms with Crippen LogP contribution in [0.15, 0.2) is 64.5 Å². The molecule has 0 aliphatic rings. The molecule has 3 aromatic rings. The minimum Gasteiger partial charge on any atom is -0.286 e. The van der Waals surface area contributed by atoms with Crippen molar-refractivity contribution in [3.05, 3.63) is 79.8 Å².